The second-order valence-corrected chi connectivity index (χ2v) is 5.15. The third-order valence-electron chi connectivity index (χ3n) is 2.96. The Labute approximate surface area is 101 Å². The number of hydrogen-bond donors (Lipinski definition) is 2. The maximum absolute atomic E-state index is 11.8. The second kappa shape index (κ2) is 4.10. The number of carbonyl (C=O) groups is 1. The molecule has 2 heterocycles. The number of carbonyl (C=O) groups excluding carboxylic acids is 1. The first kappa shape index (κ1) is 12.0. The van der Waals surface area contributed by atoms with Crippen LogP contribution in [0.3, 0.4) is 0 Å². The maximum Gasteiger partial charge on any atom is 0.240 e. The van der Waals surface area contributed by atoms with Gasteiger partial charge in [0.2, 0.25) is 5.91 Å². The van der Waals surface area contributed by atoms with E-state index in [2.05, 4.69) is 20.1 Å². The number of rotatable bonds is 3. The number of nitrogens with zero attached hydrogens (tertiary/aromatic N) is 3. The predicted molar refractivity (Wildman–Crippen MR) is 63.2 cm³/mol. The van der Waals surface area contributed by atoms with Gasteiger partial charge in [-0.15, -0.1) is 10.2 Å². The summed E-state index contributed by atoms with van der Waals surface area (Å²) in [6.07, 6.45) is 2.07. The Morgan fingerprint density at radius 2 is 2.24 bits per heavy atom. The Bertz CT molecular complexity index is 432. The summed E-state index contributed by atoms with van der Waals surface area (Å²) in [7, 11) is 0. The molecule has 1 aromatic heterocycles. The Morgan fingerprint density at radius 1 is 1.53 bits per heavy atom. The largest absolute Gasteiger partial charge is 0.345 e. The molecule has 0 bridgehead atoms. The van der Waals surface area contributed by atoms with Crippen LogP contribution in [-0.2, 0) is 17.8 Å². The average molecular weight is 237 g/mol. The van der Waals surface area contributed by atoms with Gasteiger partial charge in [-0.05, 0) is 27.2 Å². The van der Waals surface area contributed by atoms with Crippen LogP contribution in [0.1, 0.15) is 44.9 Å². The van der Waals surface area contributed by atoms with E-state index in [4.69, 9.17) is 5.73 Å². The fraction of sp³-hybridized carbons (Fsp3) is 0.727. The summed E-state index contributed by atoms with van der Waals surface area (Å²) in [5.41, 5.74) is 4.87. The van der Waals surface area contributed by atoms with Crippen molar-refractivity contribution >= 4 is 5.91 Å². The topological polar surface area (TPSA) is 85.8 Å². The zero-order valence-corrected chi connectivity index (χ0v) is 10.5. The van der Waals surface area contributed by atoms with Crippen molar-refractivity contribution in [1.82, 2.24) is 20.1 Å². The first-order valence-corrected chi connectivity index (χ1v) is 5.91. The number of fused-ring (bicyclic) bond motifs is 1. The molecule has 3 N–H and O–H groups in total. The molecule has 1 atom stereocenters. The summed E-state index contributed by atoms with van der Waals surface area (Å²) < 4.78 is 2.08. The highest BCUT2D eigenvalue weighted by Crippen LogP contribution is 2.19. The quantitative estimate of drug-likeness (QED) is 0.783. The molecule has 1 aromatic rings. The van der Waals surface area contributed by atoms with Gasteiger partial charge >= 0.3 is 0 Å². The number of nitrogens with one attached hydrogen (secondary N) is 1. The fourth-order valence-electron chi connectivity index (χ4n) is 1.94. The molecule has 0 saturated carbocycles. The summed E-state index contributed by atoms with van der Waals surface area (Å²) in [5.74, 6) is 1.64. The molecule has 1 aliphatic rings. The highest BCUT2D eigenvalue weighted by molar-refractivity contribution is 5.85. The fourth-order valence-corrected chi connectivity index (χ4v) is 1.94. The predicted octanol–water partition coefficient (Wildman–Crippen LogP) is 0.139. The molecule has 1 unspecified atom stereocenters. The molecule has 0 aliphatic carbocycles. The van der Waals surface area contributed by atoms with Gasteiger partial charge in [-0.1, -0.05) is 0 Å². The van der Waals surface area contributed by atoms with Crippen molar-refractivity contribution in [2.24, 2.45) is 5.73 Å². The summed E-state index contributed by atoms with van der Waals surface area (Å²) in [5, 5.41) is 11.1. The normalized spacial score (nSPS) is 16.7. The van der Waals surface area contributed by atoms with E-state index in [1.54, 1.807) is 13.8 Å². The SMILES string of the molecule is CC(NC(=O)C(C)(C)N)c1nnc2n1CCC2. The Hall–Kier alpha value is -1.43. The molecule has 6 nitrogen and oxygen atoms in total. The molecule has 0 aromatic carbocycles. The minimum absolute atomic E-state index is 0.162. The molecule has 0 radical (unpaired) electrons. The van der Waals surface area contributed by atoms with Crippen LogP contribution in [-0.4, -0.2) is 26.2 Å². The average Bonchev–Trinajstić information content (AvgIpc) is 2.75. The molecule has 1 amide bonds. The number of hydrogen-bond acceptors (Lipinski definition) is 4. The maximum atomic E-state index is 11.8. The third-order valence-corrected chi connectivity index (χ3v) is 2.96. The standard InChI is InChI=1S/C11H19N5O/c1-7(13-10(17)11(2,3)12)9-15-14-8-5-4-6-16(8)9/h7H,4-6,12H2,1-3H3,(H,13,17). The Kier molecular flexibility index (Phi) is 2.91. The minimum atomic E-state index is -0.873. The first-order chi connectivity index (χ1) is 7.89. The van der Waals surface area contributed by atoms with Gasteiger partial charge < -0.3 is 15.6 Å². The van der Waals surface area contributed by atoms with E-state index in [0.29, 0.717) is 0 Å². The molecule has 0 saturated heterocycles. The Morgan fingerprint density at radius 3 is 2.88 bits per heavy atom. The lowest BCUT2D eigenvalue weighted by Crippen LogP contribution is -2.49. The van der Waals surface area contributed by atoms with E-state index in [1.165, 1.54) is 0 Å². The Balaban J connectivity index is 2.10. The van der Waals surface area contributed by atoms with E-state index in [0.717, 1.165) is 31.0 Å². The molecule has 6 heteroatoms. The number of nitrogens with two attached hydrogens (primary N) is 1. The van der Waals surface area contributed by atoms with Crippen LogP contribution >= 0.6 is 0 Å². The zero-order valence-electron chi connectivity index (χ0n) is 10.5. The van der Waals surface area contributed by atoms with E-state index < -0.39 is 5.54 Å². The van der Waals surface area contributed by atoms with Gasteiger partial charge in [-0.3, -0.25) is 4.79 Å². The second-order valence-electron chi connectivity index (χ2n) is 5.15. The highest BCUT2D eigenvalue weighted by atomic mass is 16.2. The van der Waals surface area contributed by atoms with Crippen LogP contribution in [0.4, 0.5) is 0 Å². The summed E-state index contributed by atoms with van der Waals surface area (Å²) >= 11 is 0. The molecule has 0 spiro atoms. The van der Waals surface area contributed by atoms with Gasteiger partial charge in [0, 0.05) is 13.0 Å². The number of amides is 1. The molecule has 94 valence electrons. The number of aryl methyl sites for hydroxylation is 1. The lowest BCUT2D eigenvalue weighted by molar-refractivity contribution is -0.125. The van der Waals surface area contributed by atoms with Gasteiger partial charge in [0.05, 0.1) is 11.6 Å². The summed E-state index contributed by atoms with van der Waals surface area (Å²) in [6, 6.07) is -0.162. The molecular formula is C11H19N5O. The smallest absolute Gasteiger partial charge is 0.240 e. The van der Waals surface area contributed by atoms with Gasteiger partial charge in [0.1, 0.15) is 5.82 Å². The highest BCUT2D eigenvalue weighted by Gasteiger charge is 2.27. The van der Waals surface area contributed by atoms with Gasteiger partial charge in [0.25, 0.3) is 0 Å². The van der Waals surface area contributed by atoms with Crippen molar-refractivity contribution in [3.63, 3.8) is 0 Å². The van der Waals surface area contributed by atoms with Crippen molar-refractivity contribution < 1.29 is 4.79 Å². The number of aromatic nitrogens is 3. The lowest BCUT2D eigenvalue weighted by Gasteiger charge is -2.21. The third kappa shape index (κ3) is 2.31. The molecular weight excluding hydrogens is 218 g/mol. The monoisotopic (exact) mass is 237 g/mol. The van der Waals surface area contributed by atoms with E-state index in [-0.39, 0.29) is 11.9 Å². The summed E-state index contributed by atoms with van der Waals surface area (Å²) in [4.78, 5) is 11.8. The minimum Gasteiger partial charge on any atom is -0.345 e. The van der Waals surface area contributed by atoms with Crippen LogP contribution in [0.15, 0.2) is 0 Å². The van der Waals surface area contributed by atoms with E-state index in [1.807, 2.05) is 6.92 Å². The summed E-state index contributed by atoms with van der Waals surface area (Å²) in [6.45, 7) is 6.20. The molecule has 2 rings (SSSR count). The van der Waals surface area contributed by atoms with Crippen molar-refractivity contribution in [1.29, 1.82) is 0 Å². The van der Waals surface area contributed by atoms with E-state index in [9.17, 15) is 4.79 Å². The zero-order chi connectivity index (χ0) is 12.6. The molecule has 1 aliphatic heterocycles. The van der Waals surface area contributed by atoms with Crippen LogP contribution in [0.2, 0.25) is 0 Å². The van der Waals surface area contributed by atoms with Crippen LogP contribution in [0.5, 0.6) is 0 Å². The van der Waals surface area contributed by atoms with Crippen molar-refractivity contribution in [3.05, 3.63) is 11.6 Å². The van der Waals surface area contributed by atoms with Crippen LogP contribution in [0.25, 0.3) is 0 Å². The van der Waals surface area contributed by atoms with Crippen LogP contribution < -0.4 is 11.1 Å². The van der Waals surface area contributed by atoms with E-state index >= 15 is 0 Å². The lowest BCUT2D eigenvalue weighted by atomic mass is 10.1. The van der Waals surface area contributed by atoms with Crippen molar-refractivity contribution in [2.45, 2.75) is 51.7 Å². The van der Waals surface area contributed by atoms with Crippen LogP contribution in [0, 0.1) is 0 Å². The van der Waals surface area contributed by atoms with Gasteiger partial charge in [-0.25, -0.2) is 0 Å². The van der Waals surface area contributed by atoms with Crippen molar-refractivity contribution in [2.75, 3.05) is 0 Å². The molecule has 17 heavy (non-hydrogen) atoms. The molecule has 0 fully saturated rings. The van der Waals surface area contributed by atoms with Crippen molar-refractivity contribution in [3.8, 4) is 0 Å². The van der Waals surface area contributed by atoms with Gasteiger partial charge in [-0.2, -0.15) is 0 Å². The van der Waals surface area contributed by atoms with Gasteiger partial charge in [0.15, 0.2) is 5.82 Å². The first-order valence-electron chi connectivity index (χ1n) is 5.91.